The Labute approximate surface area is 109 Å². The maximum absolute atomic E-state index is 4.36. The van der Waals surface area contributed by atoms with Crippen molar-refractivity contribution in [1.29, 1.82) is 0 Å². The summed E-state index contributed by atoms with van der Waals surface area (Å²) in [6, 6.07) is 0.652. The second-order valence-corrected chi connectivity index (χ2v) is 5.52. The van der Waals surface area contributed by atoms with Gasteiger partial charge in [-0.2, -0.15) is 5.10 Å². The highest BCUT2D eigenvalue weighted by Crippen LogP contribution is 2.27. The van der Waals surface area contributed by atoms with Gasteiger partial charge in [0, 0.05) is 19.1 Å². The van der Waals surface area contributed by atoms with E-state index in [1.807, 2.05) is 4.68 Å². The van der Waals surface area contributed by atoms with Crippen molar-refractivity contribution in [2.24, 2.45) is 5.92 Å². The summed E-state index contributed by atoms with van der Waals surface area (Å²) in [6.07, 6.45) is 5.50. The van der Waals surface area contributed by atoms with Crippen molar-refractivity contribution < 1.29 is 0 Å². The van der Waals surface area contributed by atoms with Gasteiger partial charge in [0.1, 0.15) is 12.2 Å². The smallest absolute Gasteiger partial charge is 0.140 e. The molecule has 4 rings (SSSR count). The molecule has 0 aliphatic carbocycles. The van der Waals surface area contributed by atoms with Crippen LogP contribution < -0.4 is 5.32 Å². The minimum Gasteiger partial charge on any atom is -0.305 e. The number of rotatable bonds is 5. The Bertz CT molecular complexity index is 380. The second-order valence-electron chi connectivity index (χ2n) is 5.52. The molecule has 0 amide bonds. The standard InChI is InChI=1S/C13H23N5/c1-2-5-18-13(15-10-16-18)8-14-12-9-17-6-3-11(12)4-7-17/h10-12,14H,2-9H2,1H3. The van der Waals surface area contributed by atoms with E-state index >= 15 is 0 Å². The number of hydrogen-bond donors (Lipinski definition) is 1. The van der Waals surface area contributed by atoms with Gasteiger partial charge in [0.05, 0.1) is 6.54 Å². The molecule has 0 saturated carbocycles. The molecule has 3 saturated heterocycles. The summed E-state index contributed by atoms with van der Waals surface area (Å²) >= 11 is 0. The van der Waals surface area contributed by atoms with Crippen LogP contribution in [-0.4, -0.2) is 45.3 Å². The molecule has 0 spiro atoms. The lowest BCUT2D eigenvalue weighted by Gasteiger charge is -2.45. The van der Waals surface area contributed by atoms with E-state index in [9.17, 15) is 0 Å². The summed E-state index contributed by atoms with van der Waals surface area (Å²) in [6.45, 7) is 7.81. The SMILES string of the molecule is CCCn1ncnc1CNC1CN2CCC1CC2. The lowest BCUT2D eigenvalue weighted by molar-refractivity contribution is 0.0715. The van der Waals surface area contributed by atoms with Crippen LogP contribution >= 0.6 is 0 Å². The zero-order valence-corrected chi connectivity index (χ0v) is 11.2. The Kier molecular flexibility index (Phi) is 3.61. The molecule has 1 unspecified atom stereocenters. The zero-order valence-electron chi connectivity index (χ0n) is 11.2. The number of aryl methyl sites for hydroxylation is 1. The molecular weight excluding hydrogens is 226 g/mol. The van der Waals surface area contributed by atoms with Gasteiger partial charge in [-0.15, -0.1) is 0 Å². The van der Waals surface area contributed by atoms with E-state index < -0.39 is 0 Å². The summed E-state index contributed by atoms with van der Waals surface area (Å²) in [5, 5.41) is 7.96. The lowest BCUT2D eigenvalue weighted by Crippen LogP contribution is -2.55. The minimum absolute atomic E-state index is 0.652. The summed E-state index contributed by atoms with van der Waals surface area (Å²) in [7, 11) is 0. The van der Waals surface area contributed by atoms with Crippen LogP contribution in [0.5, 0.6) is 0 Å². The van der Waals surface area contributed by atoms with E-state index in [-0.39, 0.29) is 0 Å². The van der Waals surface area contributed by atoms with Crippen molar-refractivity contribution in [2.75, 3.05) is 19.6 Å². The van der Waals surface area contributed by atoms with E-state index in [4.69, 9.17) is 0 Å². The molecule has 0 radical (unpaired) electrons. The third-order valence-electron chi connectivity index (χ3n) is 4.31. The van der Waals surface area contributed by atoms with Crippen molar-refractivity contribution in [3.05, 3.63) is 12.2 Å². The molecule has 100 valence electrons. The molecule has 1 N–H and O–H groups in total. The molecule has 1 aromatic rings. The van der Waals surface area contributed by atoms with Crippen molar-refractivity contribution in [2.45, 2.75) is 45.3 Å². The molecule has 3 fully saturated rings. The lowest BCUT2D eigenvalue weighted by atomic mass is 9.84. The first-order valence-corrected chi connectivity index (χ1v) is 7.19. The minimum atomic E-state index is 0.652. The topological polar surface area (TPSA) is 46.0 Å². The van der Waals surface area contributed by atoms with Gasteiger partial charge >= 0.3 is 0 Å². The fourth-order valence-electron chi connectivity index (χ4n) is 3.24. The summed E-state index contributed by atoms with van der Waals surface area (Å²) in [4.78, 5) is 6.93. The van der Waals surface area contributed by atoms with Crippen LogP contribution in [0.25, 0.3) is 0 Å². The monoisotopic (exact) mass is 249 g/mol. The van der Waals surface area contributed by atoms with Gasteiger partial charge in [-0.1, -0.05) is 6.92 Å². The highest BCUT2D eigenvalue weighted by molar-refractivity contribution is 4.93. The summed E-state index contributed by atoms with van der Waals surface area (Å²) in [5.41, 5.74) is 0. The molecule has 1 aromatic heterocycles. The molecular formula is C13H23N5. The molecule has 1 atom stereocenters. The average molecular weight is 249 g/mol. The van der Waals surface area contributed by atoms with E-state index in [1.54, 1.807) is 6.33 Å². The Morgan fingerprint density at radius 2 is 2.22 bits per heavy atom. The van der Waals surface area contributed by atoms with Gasteiger partial charge in [-0.3, -0.25) is 0 Å². The van der Waals surface area contributed by atoms with Crippen LogP contribution in [-0.2, 0) is 13.1 Å². The van der Waals surface area contributed by atoms with E-state index in [2.05, 4.69) is 27.2 Å². The van der Waals surface area contributed by atoms with Crippen LogP contribution in [0.2, 0.25) is 0 Å². The molecule has 3 aliphatic rings. The molecule has 5 heteroatoms. The van der Waals surface area contributed by atoms with Crippen LogP contribution in [0, 0.1) is 5.92 Å². The maximum atomic E-state index is 4.36. The number of nitrogens with one attached hydrogen (secondary N) is 1. The number of fused-ring (bicyclic) bond motifs is 3. The molecule has 2 bridgehead atoms. The Morgan fingerprint density at radius 1 is 1.39 bits per heavy atom. The van der Waals surface area contributed by atoms with Crippen molar-refractivity contribution in [3.63, 3.8) is 0 Å². The predicted molar refractivity (Wildman–Crippen MR) is 70.1 cm³/mol. The largest absolute Gasteiger partial charge is 0.305 e. The van der Waals surface area contributed by atoms with Crippen LogP contribution in [0.4, 0.5) is 0 Å². The van der Waals surface area contributed by atoms with Crippen molar-refractivity contribution >= 4 is 0 Å². The fraction of sp³-hybridized carbons (Fsp3) is 0.846. The number of hydrogen-bond acceptors (Lipinski definition) is 4. The van der Waals surface area contributed by atoms with Crippen LogP contribution in [0.3, 0.4) is 0 Å². The Morgan fingerprint density at radius 3 is 2.89 bits per heavy atom. The summed E-state index contributed by atoms with van der Waals surface area (Å²) in [5.74, 6) is 1.95. The van der Waals surface area contributed by atoms with Gasteiger partial charge in [-0.25, -0.2) is 9.67 Å². The second kappa shape index (κ2) is 5.36. The van der Waals surface area contributed by atoms with E-state index in [1.165, 1.54) is 32.5 Å². The first kappa shape index (κ1) is 12.1. The van der Waals surface area contributed by atoms with Gasteiger partial charge in [0.15, 0.2) is 0 Å². The number of piperidine rings is 3. The fourth-order valence-corrected chi connectivity index (χ4v) is 3.24. The van der Waals surface area contributed by atoms with Crippen molar-refractivity contribution in [1.82, 2.24) is 25.0 Å². The molecule has 0 aromatic carbocycles. The quantitative estimate of drug-likeness (QED) is 0.841. The van der Waals surface area contributed by atoms with Crippen LogP contribution in [0.1, 0.15) is 32.0 Å². The first-order valence-electron chi connectivity index (χ1n) is 7.19. The van der Waals surface area contributed by atoms with Gasteiger partial charge in [-0.05, 0) is 38.3 Å². The van der Waals surface area contributed by atoms with Gasteiger partial charge < -0.3 is 10.2 Å². The average Bonchev–Trinajstić information content (AvgIpc) is 2.86. The zero-order chi connectivity index (χ0) is 12.4. The third kappa shape index (κ3) is 2.42. The number of aromatic nitrogens is 3. The molecule has 5 nitrogen and oxygen atoms in total. The highest BCUT2D eigenvalue weighted by Gasteiger charge is 2.33. The Balaban J connectivity index is 1.56. The molecule has 18 heavy (non-hydrogen) atoms. The summed E-state index contributed by atoms with van der Waals surface area (Å²) < 4.78 is 2.02. The van der Waals surface area contributed by atoms with Crippen LogP contribution in [0.15, 0.2) is 6.33 Å². The Hall–Kier alpha value is -0.940. The predicted octanol–water partition coefficient (Wildman–Crippen LogP) is 0.872. The first-order chi connectivity index (χ1) is 8.86. The maximum Gasteiger partial charge on any atom is 0.140 e. The highest BCUT2D eigenvalue weighted by atomic mass is 15.3. The van der Waals surface area contributed by atoms with Gasteiger partial charge in [0.25, 0.3) is 0 Å². The molecule has 3 aliphatic heterocycles. The normalized spacial score (nSPS) is 30.8. The van der Waals surface area contributed by atoms with Gasteiger partial charge in [0.2, 0.25) is 0 Å². The van der Waals surface area contributed by atoms with E-state index in [0.29, 0.717) is 6.04 Å². The third-order valence-corrected chi connectivity index (χ3v) is 4.31. The van der Waals surface area contributed by atoms with Crippen molar-refractivity contribution in [3.8, 4) is 0 Å². The van der Waals surface area contributed by atoms with E-state index in [0.717, 1.165) is 31.3 Å². The molecule has 4 heterocycles. The number of nitrogens with zero attached hydrogens (tertiary/aromatic N) is 4.